The summed E-state index contributed by atoms with van der Waals surface area (Å²) in [6.45, 7) is 6.70. The third-order valence-electron chi connectivity index (χ3n) is 6.51. The molecule has 9 nitrogen and oxygen atoms in total. The lowest BCUT2D eigenvalue weighted by atomic mass is 9.73. The van der Waals surface area contributed by atoms with Crippen LogP contribution in [0.15, 0.2) is 71.5 Å². The number of nitrogens with zero attached hydrogens (tertiary/aromatic N) is 5. The number of aromatic nitrogens is 4. The van der Waals surface area contributed by atoms with E-state index in [1.807, 2.05) is 75.4 Å². The van der Waals surface area contributed by atoms with Gasteiger partial charge in [-0.1, -0.05) is 30.3 Å². The molecule has 0 unspecified atom stereocenters. The van der Waals surface area contributed by atoms with E-state index in [0.29, 0.717) is 43.4 Å². The molecule has 0 saturated carbocycles. The van der Waals surface area contributed by atoms with Crippen LogP contribution in [0.1, 0.15) is 43.6 Å². The molecule has 0 atom stereocenters. The highest BCUT2D eigenvalue weighted by molar-refractivity contribution is 6.10. The van der Waals surface area contributed by atoms with Gasteiger partial charge >= 0.3 is 0 Å². The number of nitrogens with one attached hydrogen (secondary N) is 1. The number of carbonyl (C=O) groups excluding carboxylic acids is 1. The van der Waals surface area contributed by atoms with Crippen molar-refractivity contribution in [2.75, 3.05) is 18.5 Å². The standard InChI is InChI=1S/C27H31N7O2/c1-4-20(18-29-25(28)5-2)21-6-8-22(9-7-21)27(14-16-36-17-15-27)26(35)30-23-10-12-24(13-11-23)34-19(3)31-32-33-34/h4-13,18H,14-17,28H2,1-3H3,(H,30,35)/b20-4+,25-5-,29-18-. The van der Waals surface area contributed by atoms with Gasteiger partial charge in [0.1, 0.15) is 5.82 Å². The van der Waals surface area contributed by atoms with E-state index in [1.54, 1.807) is 17.0 Å². The second kappa shape index (κ2) is 11.1. The van der Waals surface area contributed by atoms with Gasteiger partial charge in [0.15, 0.2) is 5.82 Å². The van der Waals surface area contributed by atoms with Crippen LogP contribution in [0.5, 0.6) is 0 Å². The fourth-order valence-electron chi connectivity index (χ4n) is 4.29. The van der Waals surface area contributed by atoms with Crippen LogP contribution in [0.3, 0.4) is 0 Å². The second-order valence-corrected chi connectivity index (χ2v) is 8.63. The number of carbonyl (C=O) groups is 1. The molecule has 1 aliphatic heterocycles. The highest BCUT2D eigenvalue weighted by Gasteiger charge is 2.41. The van der Waals surface area contributed by atoms with Crippen LogP contribution in [-0.2, 0) is 14.9 Å². The SMILES string of the molecule is C\C=C(N)/N=C\C(=C/C)c1ccc(C2(C(=O)Nc3ccc(-n4nnnc4C)cc3)CCOCC2)cc1. The Morgan fingerprint density at radius 1 is 1.08 bits per heavy atom. The average Bonchev–Trinajstić information content (AvgIpc) is 3.35. The predicted molar refractivity (Wildman–Crippen MR) is 141 cm³/mol. The number of nitrogens with two attached hydrogens (primary N) is 1. The number of rotatable bonds is 7. The van der Waals surface area contributed by atoms with Crippen LogP contribution < -0.4 is 11.1 Å². The Labute approximate surface area is 210 Å². The first-order valence-corrected chi connectivity index (χ1v) is 11.9. The molecule has 2 aromatic carbocycles. The minimum atomic E-state index is -0.679. The van der Waals surface area contributed by atoms with E-state index in [0.717, 1.165) is 22.4 Å². The van der Waals surface area contributed by atoms with E-state index in [9.17, 15) is 4.79 Å². The summed E-state index contributed by atoms with van der Waals surface area (Å²) >= 11 is 0. The molecule has 36 heavy (non-hydrogen) atoms. The molecule has 0 radical (unpaired) electrons. The van der Waals surface area contributed by atoms with Crippen LogP contribution in [0.25, 0.3) is 11.3 Å². The van der Waals surface area contributed by atoms with E-state index in [2.05, 4.69) is 25.8 Å². The maximum atomic E-state index is 13.7. The highest BCUT2D eigenvalue weighted by atomic mass is 16.5. The van der Waals surface area contributed by atoms with Crippen molar-refractivity contribution >= 4 is 23.4 Å². The predicted octanol–water partition coefficient (Wildman–Crippen LogP) is 3.95. The molecule has 0 bridgehead atoms. The van der Waals surface area contributed by atoms with Crippen LogP contribution in [-0.4, -0.2) is 45.5 Å². The van der Waals surface area contributed by atoms with Gasteiger partial charge in [0.2, 0.25) is 5.91 Å². The summed E-state index contributed by atoms with van der Waals surface area (Å²) in [5, 5.41) is 14.7. The molecule has 1 aromatic heterocycles. The quantitative estimate of drug-likeness (QED) is 0.489. The summed E-state index contributed by atoms with van der Waals surface area (Å²) in [6, 6.07) is 15.6. The smallest absolute Gasteiger partial charge is 0.235 e. The number of tetrazole rings is 1. The maximum absolute atomic E-state index is 13.7. The summed E-state index contributed by atoms with van der Waals surface area (Å²) < 4.78 is 7.26. The molecular weight excluding hydrogens is 454 g/mol. The summed E-state index contributed by atoms with van der Waals surface area (Å²) in [5.74, 6) is 1.11. The summed E-state index contributed by atoms with van der Waals surface area (Å²) in [4.78, 5) is 18.0. The van der Waals surface area contributed by atoms with Crippen molar-refractivity contribution in [1.82, 2.24) is 20.2 Å². The Kier molecular flexibility index (Phi) is 7.70. The lowest BCUT2D eigenvalue weighted by molar-refractivity contribution is -0.125. The zero-order valence-electron chi connectivity index (χ0n) is 20.8. The summed E-state index contributed by atoms with van der Waals surface area (Å²) in [6.07, 6.45) is 6.70. The first kappa shape index (κ1) is 25.0. The molecule has 3 N–H and O–H groups in total. The van der Waals surface area contributed by atoms with Gasteiger partial charge in [0, 0.05) is 25.1 Å². The number of benzene rings is 2. The molecule has 1 amide bonds. The number of hydrogen-bond donors (Lipinski definition) is 2. The average molecular weight is 486 g/mol. The molecular formula is C27H31N7O2. The number of ether oxygens (including phenoxy) is 1. The number of anilines is 1. The lowest BCUT2D eigenvalue weighted by Gasteiger charge is -2.36. The Hall–Kier alpha value is -4.11. The lowest BCUT2D eigenvalue weighted by Crippen LogP contribution is -2.44. The molecule has 1 saturated heterocycles. The van der Waals surface area contributed by atoms with Crippen molar-refractivity contribution in [2.24, 2.45) is 10.7 Å². The molecule has 1 fully saturated rings. The molecule has 3 aromatic rings. The van der Waals surface area contributed by atoms with Crippen molar-refractivity contribution in [1.29, 1.82) is 0 Å². The largest absolute Gasteiger partial charge is 0.384 e. The van der Waals surface area contributed by atoms with Gasteiger partial charge in [-0.25, -0.2) is 4.99 Å². The number of amides is 1. The van der Waals surface area contributed by atoms with Crippen LogP contribution in [0.2, 0.25) is 0 Å². The van der Waals surface area contributed by atoms with Crippen LogP contribution >= 0.6 is 0 Å². The Morgan fingerprint density at radius 3 is 2.36 bits per heavy atom. The maximum Gasteiger partial charge on any atom is 0.235 e. The van der Waals surface area contributed by atoms with E-state index >= 15 is 0 Å². The van der Waals surface area contributed by atoms with Gasteiger partial charge in [-0.05, 0) is 91.1 Å². The second-order valence-electron chi connectivity index (χ2n) is 8.63. The normalized spacial score (nSPS) is 16.3. The molecule has 186 valence electrons. The first-order valence-electron chi connectivity index (χ1n) is 11.9. The monoisotopic (exact) mass is 485 g/mol. The minimum Gasteiger partial charge on any atom is -0.384 e. The van der Waals surface area contributed by atoms with E-state index in [-0.39, 0.29) is 5.91 Å². The fourth-order valence-corrected chi connectivity index (χ4v) is 4.29. The summed E-state index contributed by atoms with van der Waals surface area (Å²) in [5.41, 5.74) is 9.58. The van der Waals surface area contributed by atoms with Gasteiger partial charge in [-0.15, -0.1) is 5.10 Å². The molecule has 9 heteroatoms. The van der Waals surface area contributed by atoms with Crippen molar-refractivity contribution in [3.8, 4) is 5.69 Å². The highest BCUT2D eigenvalue weighted by Crippen LogP contribution is 2.37. The first-order chi connectivity index (χ1) is 17.5. The Bertz CT molecular complexity index is 1280. The minimum absolute atomic E-state index is 0.0430. The summed E-state index contributed by atoms with van der Waals surface area (Å²) in [7, 11) is 0. The van der Waals surface area contributed by atoms with Crippen LogP contribution in [0, 0.1) is 6.92 Å². The van der Waals surface area contributed by atoms with E-state index in [1.165, 1.54) is 0 Å². The molecule has 1 aliphatic rings. The number of allylic oxidation sites excluding steroid dienone is 3. The third kappa shape index (κ3) is 5.26. The van der Waals surface area contributed by atoms with E-state index < -0.39 is 5.41 Å². The van der Waals surface area contributed by atoms with Gasteiger partial charge in [-0.3, -0.25) is 4.79 Å². The number of aliphatic imine (C=N–C) groups is 1. The Morgan fingerprint density at radius 2 is 1.78 bits per heavy atom. The third-order valence-corrected chi connectivity index (χ3v) is 6.51. The van der Waals surface area contributed by atoms with Crippen molar-refractivity contribution in [3.05, 3.63) is 83.5 Å². The van der Waals surface area contributed by atoms with Gasteiger partial charge < -0.3 is 15.8 Å². The van der Waals surface area contributed by atoms with E-state index in [4.69, 9.17) is 10.5 Å². The van der Waals surface area contributed by atoms with Crippen LogP contribution in [0.4, 0.5) is 5.69 Å². The van der Waals surface area contributed by atoms with Gasteiger partial charge in [0.25, 0.3) is 0 Å². The van der Waals surface area contributed by atoms with Crippen molar-refractivity contribution in [3.63, 3.8) is 0 Å². The molecule has 0 spiro atoms. The zero-order valence-corrected chi connectivity index (χ0v) is 20.8. The van der Waals surface area contributed by atoms with Gasteiger partial charge in [-0.2, -0.15) is 4.68 Å². The fraction of sp³-hybridized carbons (Fsp3) is 0.296. The number of hydrogen-bond acceptors (Lipinski definition) is 7. The van der Waals surface area contributed by atoms with Gasteiger partial charge in [0.05, 0.1) is 11.1 Å². The van der Waals surface area contributed by atoms with Crippen molar-refractivity contribution < 1.29 is 9.53 Å². The zero-order chi connectivity index (χ0) is 25.5. The topological polar surface area (TPSA) is 120 Å². The Balaban J connectivity index is 1.56. The molecule has 0 aliphatic carbocycles. The number of aryl methyl sites for hydroxylation is 1. The van der Waals surface area contributed by atoms with Crippen molar-refractivity contribution in [2.45, 2.75) is 39.0 Å². The molecule has 4 rings (SSSR count). The molecule has 2 heterocycles.